The molecule has 2 N–H and O–H groups in total. The second kappa shape index (κ2) is 5.10. The average molecular weight is 228 g/mol. The van der Waals surface area contributed by atoms with Crippen molar-refractivity contribution >= 4 is 22.6 Å². The molecule has 2 rings (SSSR count). The van der Waals surface area contributed by atoms with E-state index in [1.165, 1.54) is 0 Å². The summed E-state index contributed by atoms with van der Waals surface area (Å²) in [5.74, 6) is -0.0598. The van der Waals surface area contributed by atoms with Crippen LogP contribution in [0.3, 0.4) is 0 Å². The molecule has 0 radical (unpaired) electrons. The van der Waals surface area contributed by atoms with E-state index in [0.29, 0.717) is 11.7 Å². The number of nitrogens with zero attached hydrogens (tertiary/aromatic N) is 4. The van der Waals surface area contributed by atoms with Crippen molar-refractivity contribution in [3.05, 3.63) is 0 Å². The molecule has 0 bridgehead atoms. The lowest BCUT2D eigenvalue weighted by Crippen LogP contribution is -2.46. The topological polar surface area (TPSA) is 83.0 Å². The minimum Gasteiger partial charge on any atom is -0.314 e. The SMILES string of the molecule is O=C(CN1CCNCC1)Nc1nnns1. The number of carbonyl (C=O) groups is 1. The van der Waals surface area contributed by atoms with E-state index in [1.54, 1.807) is 0 Å². The molecule has 15 heavy (non-hydrogen) atoms. The maximum Gasteiger partial charge on any atom is 0.240 e. The lowest BCUT2D eigenvalue weighted by molar-refractivity contribution is -0.117. The summed E-state index contributed by atoms with van der Waals surface area (Å²) in [6.07, 6.45) is 0. The molecule has 1 fully saturated rings. The number of rotatable bonds is 3. The fourth-order valence-electron chi connectivity index (χ4n) is 1.41. The molecule has 8 heteroatoms. The Morgan fingerprint density at radius 3 is 3.00 bits per heavy atom. The highest BCUT2D eigenvalue weighted by Gasteiger charge is 2.14. The Balaban J connectivity index is 1.76. The van der Waals surface area contributed by atoms with E-state index in [-0.39, 0.29) is 5.91 Å². The molecule has 1 aliphatic rings. The number of amides is 1. The van der Waals surface area contributed by atoms with E-state index in [2.05, 4.69) is 30.3 Å². The lowest BCUT2D eigenvalue weighted by atomic mass is 10.3. The molecular weight excluding hydrogens is 216 g/mol. The number of aromatic nitrogens is 3. The van der Waals surface area contributed by atoms with Crippen LogP contribution in [0, 0.1) is 0 Å². The van der Waals surface area contributed by atoms with Crippen molar-refractivity contribution < 1.29 is 4.79 Å². The van der Waals surface area contributed by atoms with Crippen LogP contribution in [-0.2, 0) is 4.79 Å². The van der Waals surface area contributed by atoms with Gasteiger partial charge in [0.05, 0.1) is 6.54 Å². The zero-order chi connectivity index (χ0) is 10.5. The van der Waals surface area contributed by atoms with Gasteiger partial charge in [0.25, 0.3) is 0 Å². The molecule has 1 aliphatic heterocycles. The third-order valence-corrected chi connectivity index (χ3v) is 2.63. The monoisotopic (exact) mass is 228 g/mol. The highest BCUT2D eigenvalue weighted by atomic mass is 32.1. The smallest absolute Gasteiger partial charge is 0.240 e. The Labute approximate surface area is 91.0 Å². The summed E-state index contributed by atoms with van der Waals surface area (Å²) in [5.41, 5.74) is 0. The van der Waals surface area contributed by atoms with Crippen molar-refractivity contribution in [2.24, 2.45) is 0 Å². The molecule has 0 atom stereocenters. The largest absolute Gasteiger partial charge is 0.314 e. The summed E-state index contributed by atoms with van der Waals surface area (Å²) in [6.45, 7) is 4.09. The average Bonchev–Trinajstić information content (AvgIpc) is 2.71. The van der Waals surface area contributed by atoms with Crippen molar-refractivity contribution in [2.75, 3.05) is 38.0 Å². The summed E-state index contributed by atoms with van der Waals surface area (Å²) < 4.78 is 3.56. The minimum absolute atomic E-state index is 0.0598. The van der Waals surface area contributed by atoms with Gasteiger partial charge in [0.15, 0.2) is 0 Å². The summed E-state index contributed by atoms with van der Waals surface area (Å²) in [6, 6.07) is 0. The maximum absolute atomic E-state index is 11.5. The summed E-state index contributed by atoms with van der Waals surface area (Å²) in [4.78, 5) is 13.6. The van der Waals surface area contributed by atoms with E-state index in [0.717, 1.165) is 37.7 Å². The summed E-state index contributed by atoms with van der Waals surface area (Å²) in [5, 5.41) is 13.4. The molecule has 1 aromatic heterocycles. The highest BCUT2D eigenvalue weighted by molar-refractivity contribution is 7.09. The van der Waals surface area contributed by atoms with Gasteiger partial charge in [-0.1, -0.05) is 9.59 Å². The fraction of sp³-hybridized carbons (Fsp3) is 0.714. The van der Waals surface area contributed by atoms with E-state index < -0.39 is 0 Å². The standard InChI is InChI=1S/C7H12N6OS/c14-6(9-7-10-11-12-15-7)5-13-3-1-8-2-4-13/h8H,1-5H2,(H,9,10,12,14). The number of nitrogens with one attached hydrogen (secondary N) is 2. The van der Waals surface area contributed by atoms with Crippen molar-refractivity contribution in [2.45, 2.75) is 0 Å². The van der Waals surface area contributed by atoms with Gasteiger partial charge in [0, 0.05) is 37.7 Å². The van der Waals surface area contributed by atoms with Crippen molar-refractivity contribution in [3.8, 4) is 0 Å². The van der Waals surface area contributed by atoms with Gasteiger partial charge in [-0.25, -0.2) is 0 Å². The number of piperazine rings is 1. The zero-order valence-corrected chi connectivity index (χ0v) is 8.96. The van der Waals surface area contributed by atoms with Gasteiger partial charge in [-0.3, -0.25) is 15.0 Å². The van der Waals surface area contributed by atoms with Gasteiger partial charge in [-0.05, 0) is 5.21 Å². The first-order valence-electron chi connectivity index (χ1n) is 4.72. The van der Waals surface area contributed by atoms with Crippen LogP contribution in [0.5, 0.6) is 0 Å². The lowest BCUT2D eigenvalue weighted by Gasteiger charge is -2.26. The third-order valence-electron chi connectivity index (χ3n) is 2.12. The number of hydrogen-bond acceptors (Lipinski definition) is 7. The molecular formula is C7H12N6OS. The molecule has 2 heterocycles. The van der Waals surface area contributed by atoms with Crippen LogP contribution < -0.4 is 10.6 Å². The van der Waals surface area contributed by atoms with E-state index >= 15 is 0 Å². The molecule has 1 aromatic rings. The van der Waals surface area contributed by atoms with Gasteiger partial charge < -0.3 is 5.32 Å². The first-order valence-corrected chi connectivity index (χ1v) is 5.50. The molecule has 0 spiro atoms. The van der Waals surface area contributed by atoms with Crippen LogP contribution in [0.25, 0.3) is 0 Å². The predicted molar refractivity (Wildman–Crippen MR) is 55.6 cm³/mol. The van der Waals surface area contributed by atoms with Gasteiger partial charge in [-0.15, -0.1) is 0 Å². The van der Waals surface area contributed by atoms with Gasteiger partial charge in [0.1, 0.15) is 0 Å². The quantitative estimate of drug-likeness (QED) is 0.674. The highest BCUT2D eigenvalue weighted by Crippen LogP contribution is 2.04. The Morgan fingerprint density at radius 1 is 1.53 bits per heavy atom. The van der Waals surface area contributed by atoms with Crippen LogP contribution in [-0.4, -0.2) is 58.3 Å². The van der Waals surface area contributed by atoms with Crippen LogP contribution in [0.4, 0.5) is 5.13 Å². The molecule has 0 aliphatic carbocycles. The van der Waals surface area contributed by atoms with Gasteiger partial charge in [-0.2, -0.15) is 0 Å². The molecule has 0 unspecified atom stereocenters. The second-order valence-electron chi connectivity index (χ2n) is 3.24. The van der Waals surface area contributed by atoms with Gasteiger partial charge >= 0.3 is 0 Å². The maximum atomic E-state index is 11.5. The molecule has 1 saturated heterocycles. The number of anilines is 1. The molecule has 82 valence electrons. The Bertz CT molecular complexity index is 309. The van der Waals surface area contributed by atoms with Crippen LogP contribution >= 0.6 is 11.5 Å². The summed E-state index contributed by atoms with van der Waals surface area (Å²) in [7, 11) is 0. The fourth-order valence-corrected chi connectivity index (χ4v) is 1.80. The normalized spacial score (nSPS) is 17.6. The molecule has 7 nitrogen and oxygen atoms in total. The summed E-state index contributed by atoms with van der Waals surface area (Å²) >= 11 is 1.08. The van der Waals surface area contributed by atoms with Crippen molar-refractivity contribution in [1.82, 2.24) is 25.0 Å². The minimum atomic E-state index is -0.0598. The van der Waals surface area contributed by atoms with Crippen LogP contribution in [0.2, 0.25) is 0 Å². The molecule has 0 aromatic carbocycles. The van der Waals surface area contributed by atoms with Crippen LogP contribution in [0.15, 0.2) is 0 Å². The third kappa shape index (κ3) is 3.18. The van der Waals surface area contributed by atoms with Gasteiger partial charge in [0.2, 0.25) is 11.0 Å². The first kappa shape index (κ1) is 10.4. The van der Waals surface area contributed by atoms with E-state index in [9.17, 15) is 4.79 Å². The van der Waals surface area contributed by atoms with Crippen molar-refractivity contribution in [1.29, 1.82) is 0 Å². The van der Waals surface area contributed by atoms with E-state index in [1.807, 2.05) is 0 Å². The molecule has 1 amide bonds. The van der Waals surface area contributed by atoms with E-state index in [4.69, 9.17) is 0 Å². The zero-order valence-electron chi connectivity index (χ0n) is 8.14. The second-order valence-corrected chi connectivity index (χ2v) is 3.97. The predicted octanol–water partition coefficient (Wildman–Crippen LogP) is -1.22. The Kier molecular flexibility index (Phi) is 3.54. The Morgan fingerprint density at radius 2 is 2.33 bits per heavy atom. The molecule has 0 saturated carbocycles. The van der Waals surface area contributed by atoms with Crippen molar-refractivity contribution in [3.63, 3.8) is 0 Å². The number of hydrogen-bond donors (Lipinski definition) is 2. The van der Waals surface area contributed by atoms with Crippen LogP contribution in [0.1, 0.15) is 0 Å². The first-order chi connectivity index (χ1) is 7.34. The number of carbonyl (C=O) groups excluding carboxylic acids is 1. The Hall–Kier alpha value is -1.12.